The Hall–Kier alpha value is -1.04. The lowest BCUT2D eigenvalue weighted by atomic mass is 10.1. The lowest BCUT2D eigenvalue weighted by Crippen LogP contribution is -2.25. The summed E-state index contributed by atoms with van der Waals surface area (Å²) < 4.78 is 5.26. The number of fused-ring (bicyclic) bond motifs is 3. The normalized spacial score (nSPS) is 13.6. The summed E-state index contributed by atoms with van der Waals surface area (Å²) in [5.41, 5.74) is 2.71. The first-order valence-electron chi connectivity index (χ1n) is 6.23. The minimum absolute atomic E-state index is 0.0476. The summed E-state index contributed by atoms with van der Waals surface area (Å²) in [5.74, 6) is 0.556. The second-order valence-corrected chi connectivity index (χ2v) is 6.07. The fraction of sp³-hybridized carbons (Fsp3) is 0.286. The van der Waals surface area contributed by atoms with Crippen molar-refractivity contribution in [3.8, 4) is 5.75 Å². The Morgan fingerprint density at radius 2 is 2.19 bits per heavy atom. The Balaban J connectivity index is 2.18. The number of pyridine rings is 1. The van der Waals surface area contributed by atoms with Crippen LogP contribution in [0.1, 0.15) is 11.1 Å². The summed E-state index contributed by atoms with van der Waals surface area (Å²) in [6, 6.07) is 1.83. The first-order chi connectivity index (χ1) is 10.1. The smallest absolute Gasteiger partial charge is 0.233 e. The molecule has 1 aromatic heterocycles. The Morgan fingerprint density at radius 3 is 2.86 bits per heavy atom. The van der Waals surface area contributed by atoms with Crippen molar-refractivity contribution >= 4 is 55.9 Å². The van der Waals surface area contributed by atoms with E-state index in [0.29, 0.717) is 39.7 Å². The van der Waals surface area contributed by atoms with E-state index in [-0.39, 0.29) is 5.91 Å². The van der Waals surface area contributed by atoms with Gasteiger partial charge in [-0.05, 0) is 17.2 Å². The van der Waals surface area contributed by atoms with Gasteiger partial charge in [0.2, 0.25) is 5.91 Å². The lowest BCUT2D eigenvalue weighted by molar-refractivity contribution is -0.128. The largest absolute Gasteiger partial charge is 0.495 e. The van der Waals surface area contributed by atoms with Gasteiger partial charge in [-0.1, -0.05) is 39.1 Å². The number of nitrogens with zero attached hydrogens (tertiary/aromatic N) is 2. The molecular formula is C14H11BrCl2N2O2. The maximum absolute atomic E-state index is 11.8. The van der Waals surface area contributed by atoms with Crippen LogP contribution in [0.2, 0.25) is 10.0 Å². The van der Waals surface area contributed by atoms with E-state index in [4.69, 9.17) is 27.9 Å². The van der Waals surface area contributed by atoms with Gasteiger partial charge in [0.05, 0.1) is 23.0 Å². The third-order valence-electron chi connectivity index (χ3n) is 3.61. The molecule has 4 nitrogen and oxygen atoms in total. The maximum Gasteiger partial charge on any atom is 0.233 e. The zero-order valence-electron chi connectivity index (χ0n) is 11.1. The molecule has 1 amide bonds. The third kappa shape index (κ3) is 2.37. The second-order valence-electron chi connectivity index (χ2n) is 4.75. The summed E-state index contributed by atoms with van der Waals surface area (Å²) in [7, 11) is 1.54. The van der Waals surface area contributed by atoms with E-state index in [9.17, 15) is 4.79 Å². The average Bonchev–Trinajstić information content (AvgIpc) is 2.94. The number of benzene rings is 1. The van der Waals surface area contributed by atoms with E-state index >= 15 is 0 Å². The van der Waals surface area contributed by atoms with Crippen LogP contribution in [0.15, 0.2) is 12.3 Å². The molecule has 7 heteroatoms. The van der Waals surface area contributed by atoms with Crippen LogP contribution >= 0.6 is 39.1 Å². The zero-order valence-corrected chi connectivity index (χ0v) is 14.2. The van der Waals surface area contributed by atoms with Crippen molar-refractivity contribution in [2.75, 3.05) is 12.4 Å². The highest BCUT2D eigenvalue weighted by atomic mass is 79.9. The number of amides is 1. The summed E-state index contributed by atoms with van der Waals surface area (Å²) in [5, 5.41) is 1.91. The van der Waals surface area contributed by atoms with Crippen LogP contribution < -0.4 is 4.74 Å². The van der Waals surface area contributed by atoms with Crippen molar-refractivity contribution in [2.45, 2.75) is 13.1 Å². The molecule has 1 aromatic carbocycles. The first kappa shape index (κ1) is 14.9. The quantitative estimate of drug-likeness (QED) is 0.734. The number of aromatic nitrogens is 1. The Morgan fingerprint density at radius 1 is 1.43 bits per heavy atom. The molecule has 110 valence electrons. The molecule has 1 aliphatic rings. The van der Waals surface area contributed by atoms with Gasteiger partial charge in [0.1, 0.15) is 10.8 Å². The van der Waals surface area contributed by atoms with Gasteiger partial charge >= 0.3 is 0 Å². The number of carbonyl (C=O) groups excluding carboxylic acids is 1. The number of hydrogen-bond acceptors (Lipinski definition) is 3. The van der Waals surface area contributed by atoms with Crippen LogP contribution in [0.25, 0.3) is 10.9 Å². The molecule has 0 fully saturated rings. The Bertz CT molecular complexity index is 752. The van der Waals surface area contributed by atoms with Crippen LogP contribution in [-0.4, -0.2) is 28.2 Å². The highest BCUT2D eigenvalue weighted by molar-refractivity contribution is 9.09. The fourth-order valence-corrected chi connectivity index (χ4v) is 3.35. The summed E-state index contributed by atoms with van der Waals surface area (Å²) in [4.78, 5) is 18.0. The van der Waals surface area contributed by atoms with Crippen LogP contribution in [0.5, 0.6) is 5.75 Å². The SMILES string of the molecule is COc1cc2c3c(cnc2c(Cl)c1Cl)CN(C(=O)CBr)C3. The third-order valence-corrected chi connectivity index (χ3v) is 4.93. The van der Waals surface area contributed by atoms with Crippen molar-refractivity contribution in [2.24, 2.45) is 0 Å². The number of methoxy groups -OCH3 is 1. The minimum atomic E-state index is 0.0476. The van der Waals surface area contributed by atoms with Crippen LogP contribution in [0.3, 0.4) is 0 Å². The van der Waals surface area contributed by atoms with E-state index < -0.39 is 0 Å². The van der Waals surface area contributed by atoms with Gasteiger partial charge in [0, 0.05) is 24.7 Å². The molecule has 0 bridgehead atoms. The summed E-state index contributed by atoms with van der Waals surface area (Å²) >= 11 is 15.6. The van der Waals surface area contributed by atoms with Gasteiger partial charge in [0.15, 0.2) is 0 Å². The van der Waals surface area contributed by atoms with Gasteiger partial charge in [-0.15, -0.1) is 0 Å². The Kier molecular flexibility index (Phi) is 3.99. The van der Waals surface area contributed by atoms with E-state index in [0.717, 1.165) is 16.5 Å². The standard InChI is InChI=1S/C14H11BrCl2N2O2/c1-21-10-2-8-9-6-19(11(20)3-15)5-7(9)4-18-14(8)13(17)12(10)16/h2,4H,3,5-6H2,1H3. The lowest BCUT2D eigenvalue weighted by Gasteiger charge is -2.13. The predicted octanol–water partition coefficient (Wildman–Crippen LogP) is 3.79. The molecular weight excluding hydrogens is 379 g/mol. The molecule has 0 unspecified atom stereocenters. The molecule has 2 heterocycles. The van der Waals surface area contributed by atoms with Gasteiger partial charge < -0.3 is 9.64 Å². The molecule has 0 radical (unpaired) electrons. The number of ether oxygens (including phenoxy) is 1. The van der Waals surface area contributed by atoms with Gasteiger partial charge in [0.25, 0.3) is 0 Å². The molecule has 3 rings (SSSR count). The number of hydrogen-bond donors (Lipinski definition) is 0. The molecule has 21 heavy (non-hydrogen) atoms. The fourth-order valence-electron chi connectivity index (χ4n) is 2.53. The van der Waals surface area contributed by atoms with E-state index in [2.05, 4.69) is 20.9 Å². The minimum Gasteiger partial charge on any atom is -0.495 e. The van der Waals surface area contributed by atoms with Gasteiger partial charge in [-0.25, -0.2) is 0 Å². The number of carbonyl (C=O) groups is 1. The molecule has 2 aromatic rings. The number of rotatable bonds is 2. The summed E-state index contributed by atoms with van der Waals surface area (Å²) in [6.45, 7) is 1.10. The van der Waals surface area contributed by atoms with E-state index in [1.54, 1.807) is 18.2 Å². The topological polar surface area (TPSA) is 42.4 Å². The van der Waals surface area contributed by atoms with Crippen LogP contribution in [-0.2, 0) is 17.9 Å². The highest BCUT2D eigenvalue weighted by Gasteiger charge is 2.26. The summed E-state index contributed by atoms with van der Waals surface area (Å²) in [6.07, 6.45) is 1.76. The monoisotopic (exact) mass is 388 g/mol. The van der Waals surface area contributed by atoms with Crippen molar-refractivity contribution in [3.63, 3.8) is 0 Å². The molecule has 0 spiro atoms. The van der Waals surface area contributed by atoms with Crippen LogP contribution in [0.4, 0.5) is 0 Å². The second kappa shape index (κ2) is 5.63. The highest BCUT2D eigenvalue weighted by Crippen LogP contribution is 2.40. The first-order valence-corrected chi connectivity index (χ1v) is 8.10. The van der Waals surface area contributed by atoms with E-state index in [1.807, 2.05) is 6.07 Å². The molecule has 0 aliphatic carbocycles. The molecule has 0 atom stereocenters. The number of alkyl halides is 1. The number of halogens is 3. The van der Waals surface area contributed by atoms with Crippen molar-refractivity contribution in [1.82, 2.24) is 9.88 Å². The van der Waals surface area contributed by atoms with Gasteiger partial charge in [-0.3, -0.25) is 9.78 Å². The predicted molar refractivity (Wildman–Crippen MR) is 86.4 cm³/mol. The Labute approximate surface area is 140 Å². The molecule has 0 saturated carbocycles. The molecule has 1 aliphatic heterocycles. The van der Waals surface area contributed by atoms with Crippen molar-refractivity contribution < 1.29 is 9.53 Å². The zero-order chi connectivity index (χ0) is 15.1. The average molecular weight is 390 g/mol. The molecule has 0 saturated heterocycles. The van der Waals surface area contributed by atoms with Crippen LogP contribution in [0, 0.1) is 0 Å². The van der Waals surface area contributed by atoms with E-state index in [1.165, 1.54) is 0 Å². The molecule has 0 N–H and O–H groups in total. The van der Waals surface area contributed by atoms with Crippen molar-refractivity contribution in [1.29, 1.82) is 0 Å². The van der Waals surface area contributed by atoms with Gasteiger partial charge in [-0.2, -0.15) is 0 Å². The maximum atomic E-state index is 11.8. The van der Waals surface area contributed by atoms with Crippen molar-refractivity contribution in [3.05, 3.63) is 33.4 Å².